The van der Waals surface area contributed by atoms with Gasteiger partial charge in [0.1, 0.15) is 5.52 Å². The van der Waals surface area contributed by atoms with E-state index in [2.05, 4.69) is 34.0 Å². The van der Waals surface area contributed by atoms with Gasteiger partial charge in [0.05, 0.1) is 12.9 Å². The fourth-order valence-electron chi connectivity index (χ4n) is 2.42. The molecule has 0 aliphatic rings. The lowest BCUT2D eigenvalue weighted by molar-refractivity contribution is 0.776. The maximum atomic E-state index is 6.05. The van der Waals surface area contributed by atoms with Crippen LogP contribution in [0, 0.1) is 0 Å². The zero-order valence-corrected chi connectivity index (χ0v) is 14.1. The van der Waals surface area contributed by atoms with Gasteiger partial charge in [-0.05, 0) is 12.0 Å². The minimum atomic E-state index is 0.458. The molecule has 5 nitrogen and oxygen atoms in total. The van der Waals surface area contributed by atoms with Crippen molar-refractivity contribution in [3.8, 4) is 0 Å². The van der Waals surface area contributed by atoms with Gasteiger partial charge in [-0.2, -0.15) is 0 Å². The summed E-state index contributed by atoms with van der Waals surface area (Å²) in [4.78, 5) is 13.4. The summed E-state index contributed by atoms with van der Waals surface area (Å²) in [5.41, 5.74) is 8.75. The van der Waals surface area contributed by atoms with Crippen LogP contribution in [-0.2, 0) is 6.54 Å². The molecule has 0 saturated heterocycles. The predicted octanol–water partition coefficient (Wildman–Crippen LogP) is 3.74. The van der Waals surface area contributed by atoms with Gasteiger partial charge in [-0.15, -0.1) is 0 Å². The highest BCUT2D eigenvalue weighted by Crippen LogP contribution is 2.23. The van der Waals surface area contributed by atoms with Gasteiger partial charge < -0.3 is 10.3 Å². The van der Waals surface area contributed by atoms with Gasteiger partial charge in [-0.3, -0.25) is 0 Å². The zero-order chi connectivity index (χ0) is 16.1. The molecular weight excluding hydrogens is 306 g/mol. The first-order chi connectivity index (χ1) is 11.3. The van der Waals surface area contributed by atoms with Crippen molar-refractivity contribution in [3.63, 3.8) is 0 Å². The number of imidazole rings is 1. The van der Waals surface area contributed by atoms with E-state index in [1.807, 2.05) is 22.8 Å². The fourth-order valence-corrected chi connectivity index (χ4v) is 3.27. The van der Waals surface area contributed by atoms with E-state index >= 15 is 0 Å². The number of rotatable bonds is 7. The number of nitrogens with two attached hydrogens (primary N) is 1. The summed E-state index contributed by atoms with van der Waals surface area (Å²) in [5.74, 6) is 1.48. The van der Waals surface area contributed by atoms with E-state index in [1.54, 1.807) is 18.1 Å². The summed E-state index contributed by atoms with van der Waals surface area (Å²) < 4.78 is 2.03. The highest BCUT2D eigenvalue weighted by Gasteiger charge is 2.11. The summed E-state index contributed by atoms with van der Waals surface area (Å²) >= 11 is 1.66. The van der Waals surface area contributed by atoms with Gasteiger partial charge in [0, 0.05) is 5.75 Å². The number of fused-ring (bicyclic) bond motifs is 1. The van der Waals surface area contributed by atoms with E-state index in [-0.39, 0.29) is 0 Å². The van der Waals surface area contributed by atoms with Crippen molar-refractivity contribution in [2.75, 3.05) is 11.5 Å². The molecule has 2 aromatic heterocycles. The molecule has 3 rings (SSSR count). The Morgan fingerprint density at radius 2 is 1.96 bits per heavy atom. The fraction of sp³-hybridized carbons (Fsp3) is 0.353. The quantitative estimate of drug-likeness (QED) is 0.407. The maximum absolute atomic E-state index is 6.05. The molecule has 0 radical (unpaired) electrons. The van der Waals surface area contributed by atoms with Crippen LogP contribution in [0.15, 0.2) is 41.8 Å². The van der Waals surface area contributed by atoms with Crippen LogP contribution in [0.4, 0.5) is 5.82 Å². The number of unbranched alkanes of at least 4 members (excludes halogenated alkanes) is 2. The highest BCUT2D eigenvalue weighted by atomic mass is 32.2. The number of benzene rings is 1. The third kappa shape index (κ3) is 3.82. The monoisotopic (exact) mass is 327 g/mol. The minimum absolute atomic E-state index is 0.458. The summed E-state index contributed by atoms with van der Waals surface area (Å²) in [6.45, 7) is 2.93. The first kappa shape index (κ1) is 15.8. The molecule has 0 saturated carbocycles. The summed E-state index contributed by atoms with van der Waals surface area (Å²) in [6.07, 6.45) is 5.41. The predicted molar refractivity (Wildman–Crippen MR) is 95.5 cm³/mol. The molecule has 0 aliphatic carbocycles. The molecular formula is C17H21N5S. The van der Waals surface area contributed by atoms with E-state index in [0.717, 1.165) is 23.1 Å². The van der Waals surface area contributed by atoms with Gasteiger partial charge in [-0.25, -0.2) is 15.0 Å². The molecule has 6 heteroatoms. The molecule has 0 amide bonds. The molecule has 1 aromatic carbocycles. The molecule has 0 unspecified atom stereocenters. The lowest BCUT2D eigenvalue weighted by Crippen LogP contribution is -2.02. The van der Waals surface area contributed by atoms with Crippen LogP contribution in [0.1, 0.15) is 31.7 Å². The van der Waals surface area contributed by atoms with Crippen molar-refractivity contribution in [1.82, 2.24) is 19.5 Å². The number of anilines is 1. The zero-order valence-electron chi connectivity index (χ0n) is 13.3. The largest absolute Gasteiger partial charge is 0.382 e. The second kappa shape index (κ2) is 7.46. The topological polar surface area (TPSA) is 69.6 Å². The van der Waals surface area contributed by atoms with E-state index in [0.29, 0.717) is 11.3 Å². The summed E-state index contributed by atoms with van der Waals surface area (Å²) in [5, 5.41) is 0.737. The highest BCUT2D eigenvalue weighted by molar-refractivity contribution is 7.99. The number of hydrogen-bond acceptors (Lipinski definition) is 5. The number of nitrogens with zero attached hydrogens (tertiary/aromatic N) is 4. The van der Waals surface area contributed by atoms with Crippen LogP contribution in [0.5, 0.6) is 0 Å². The number of hydrogen-bond donors (Lipinski definition) is 1. The van der Waals surface area contributed by atoms with Gasteiger partial charge in [0.25, 0.3) is 0 Å². The van der Waals surface area contributed by atoms with Crippen molar-refractivity contribution < 1.29 is 0 Å². The van der Waals surface area contributed by atoms with Crippen molar-refractivity contribution in [1.29, 1.82) is 0 Å². The SMILES string of the molecule is CCCCCSc1nc(N)c2ncn(Cc3ccccc3)c2n1. The standard InChI is InChI=1S/C17H21N5S/c1-2-3-7-10-23-17-20-15(18)14-16(21-17)22(12-19-14)11-13-8-5-4-6-9-13/h4-6,8-9,12H,2-3,7,10-11H2,1H3,(H2,18,20,21). The van der Waals surface area contributed by atoms with Gasteiger partial charge in [0.15, 0.2) is 16.6 Å². The Morgan fingerprint density at radius 1 is 1.13 bits per heavy atom. The van der Waals surface area contributed by atoms with Crippen LogP contribution in [0.25, 0.3) is 11.2 Å². The molecule has 2 N–H and O–H groups in total. The van der Waals surface area contributed by atoms with Gasteiger partial charge in [0.2, 0.25) is 0 Å². The van der Waals surface area contributed by atoms with Crippen LogP contribution < -0.4 is 5.73 Å². The Balaban J connectivity index is 1.83. The second-order valence-electron chi connectivity index (χ2n) is 5.48. The smallest absolute Gasteiger partial charge is 0.191 e. The minimum Gasteiger partial charge on any atom is -0.382 e. The molecule has 0 atom stereocenters. The molecule has 0 fully saturated rings. The van der Waals surface area contributed by atoms with Crippen molar-refractivity contribution in [3.05, 3.63) is 42.2 Å². The number of thioether (sulfide) groups is 1. The summed E-state index contributed by atoms with van der Waals surface area (Å²) in [6, 6.07) is 10.3. The Kier molecular flexibility index (Phi) is 5.12. The third-order valence-electron chi connectivity index (χ3n) is 3.65. The summed E-state index contributed by atoms with van der Waals surface area (Å²) in [7, 11) is 0. The lowest BCUT2D eigenvalue weighted by Gasteiger charge is -2.06. The van der Waals surface area contributed by atoms with E-state index in [1.165, 1.54) is 24.8 Å². The molecule has 3 aromatic rings. The third-order valence-corrected chi connectivity index (χ3v) is 4.58. The molecule has 0 aliphatic heterocycles. The first-order valence-electron chi connectivity index (χ1n) is 7.93. The average Bonchev–Trinajstić information content (AvgIpc) is 2.96. The van der Waals surface area contributed by atoms with Crippen molar-refractivity contribution in [2.24, 2.45) is 0 Å². The second-order valence-corrected chi connectivity index (χ2v) is 6.54. The Labute approximate surface area is 140 Å². The maximum Gasteiger partial charge on any atom is 0.191 e. The molecule has 120 valence electrons. The Bertz CT molecular complexity index is 769. The van der Waals surface area contributed by atoms with E-state index < -0.39 is 0 Å². The van der Waals surface area contributed by atoms with Crippen molar-refractivity contribution in [2.45, 2.75) is 37.9 Å². The van der Waals surface area contributed by atoms with Crippen LogP contribution >= 0.6 is 11.8 Å². The van der Waals surface area contributed by atoms with Gasteiger partial charge >= 0.3 is 0 Å². The number of nitrogen functional groups attached to an aromatic ring is 1. The van der Waals surface area contributed by atoms with Gasteiger partial charge in [-0.1, -0.05) is 61.9 Å². The van der Waals surface area contributed by atoms with E-state index in [9.17, 15) is 0 Å². The molecule has 2 heterocycles. The Morgan fingerprint density at radius 3 is 2.74 bits per heavy atom. The van der Waals surface area contributed by atoms with E-state index in [4.69, 9.17) is 5.73 Å². The molecule has 0 bridgehead atoms. The van der Waals surface area contributed by atoms with Crippen LogP contribution in [-0.4, -0.2) is 25.3 Å². The molecule has 0 spiro atoms. The van der Waals surface area contributed by atoms with Crippen LogP contribution in [0.2, 0.25) is 0 Å². The number of aromatic nitrogens is 4. The van der Waals surface area contributed by atoms with Crippen LogP contribution in [0.3, 0.4) is 0 Å². The first-order valence-corrected chi connectivity index (χ1v) is 8.91. The molecule has 23 heavy (non-hydrogen) atoms. The van der Waals surface area contributed by atoms with Crippen molar-refractivity contribution >= 4 is 28.7 Å². The Hall–Kier alpha value is -2.08. The normalized spacial score (nSPS) is 11.2. The lowest BCUT2D eigenvalue weighted by atomic mass is 10.2. The average molecular weight is 327 g/mol.